The summed E-state index contributed by atoms with van der Waals surface area (Å²) in [6, 6.07) is 5.62. The van der Waals surface area contributed by atoms with Crippen molar-refractivity contribution in [1.29, 1.82) is 0 Å². The molecular weight excluding hydrogens is 408 g/mol. The Morgan fingerprint density at radius 2 is 1.97 bits per heavy atom. The van der Waals surface area contributed by atoms with E-state index in [0.29, 0.717) is 43.6 Å². The van der Waals surface area contributed by atoms with Crippen molar-refractivity contribution in [3.63, 3.8) is 0 Å². The number of hydrogen-bond donors (Lipinski definition) is 3. The zero-order chi connectivity index (χ0) is 23.5. The standard InChI is InChI=1S/C25H42N2O5/c1-17(2)20(15-21(26)22(28)16-27-25(29)14-18-6-7-18)12-19-8-9-23(31-4)24(13-19)32-11-5-10-30-3/h8-9,13,17-18,20-22,28H,5-7,10-12,14-16,26H2,1-4H3,(H,27,29)/t20-,21-,22-/m0/s1. The third kappa shape index (κ3) is 9.35. The zero-order valence-corrected chi connectivity index (χ0v) is 20.1. The van der Waals surface area contributed by atoms with Crippen molar-refractivity contribution in [2.24, 2.45) is 23.5 Å². The van der Waals surface area contributed by atoms with Crippen molar-refractivity contribution in [3.8, 4) is 11.5 Å². The average molecular weight is 451 g/mol. The van der Waals surface area contributed by atoms with Crippen molar-refractivity contribution in [2.75, 3.05) is 34.0 Å². The average Bonchev–Trinajstić information content (AvgIpc) is 3.58. The molecule has 1 amide bonds. The molecule has 1 aliphatic rings. The van der Waals surface area contributed by atoms with E-state index >= 15 is 0 Å². The lowest BCUT2D eigenvalue weighted by Crippen LogP contribution is -2.45. The van der Waals surface area contributed by atoms with Gasteiger partial charge in [0, 0.05) is 39.1 Å². The van der Waals surface area contributed by atoms with Gasteiger partial charge >= 0.3 is 0 Å². The molecule has 2 rings (SSSR count). The number of benzene rings is 1. The first-order valence-corrected chi connectivity index (χ1v) is 11.8. The third-order valence-electron chi connectivity index (χ3n) is 6.17. The second kappa shape index (κ2) is 13.7. The monoisotopic (exact) mass is 450 g/mol. The van der Waals surface area contributed by atoms with Crippen LogP contribution in [0, 0.1) is 17.8 Å². The van der Waals surface area contributed by atoms with Gasteiger partial charge in [-0.25, -0.2) is 0 Å². The van der Waals surface area contributed by atoms with Crippen molar-refractivity contribution >= 4 is 5.91 Å². The Hall–Kier alpha value is -1.83. The maximum absolute atomic E-state index is 11.9. The van der Waals surface area contributed by atoms with Gasteiger partial charge in [0.2, 0.25) is 5.91 Å². The smallest absolute Gasteiger partial charge is 0.220 e. The van der Waals surface area contributed by atoms with Crippen molar-refractivity contribution in [2.45, 2.75) is 64.5 Å². The Morgan fingerprint density at radius 1 is 1.22 bits per heavy atom. The van der Waals surface area contributed by atoms with Gasteiger partial charge < -0.3 is 30.4 Å². The summed E-state index contributed by atoms with van der Waals surface area (Å²) in [7, 11) is 3.31. The molecule has 7 nitrogen and oxygen atoms in total. The van der Waals surface area contributed by atoms with Crippen LogP contribution in [0.2, 0.25) is 0 Å². The first kappa shape index (κ1) is 26.4. The minimum absolute atomic E-state index is 0.00965. The molecule has 0 saturated heterocycles. The lowest BCUT2D eigenvalue weighted by Gasteiger charge is -2.27. The molecule has 0 bridgehead atoms. The summed E-state index contributed by atoms with van der Waals surface area (Å²) in [6.07, 6.45) is 4.38. The van der Waals surface area contributed by atoms with Crippen LogP contribution in [-0.4, -0.2) is 57.1 Å². The Balaban J connectivity index is 1.91. The number of hydrogen-bond acceptors (Lipinski definition) is 6. The minimum Gasteiger partial charge on any atom is -0.493 e. The molecule has 182 valence electrons. The Morgan fingerprint density at radius 3 is 2.59 bits per heavy atom. The van der Waals surface area contributed by atoms with Gasteiger partial charge in [-0.3, -0.25) is 4.79 Å². The number of ether oxygens (including phenoxy) is 3. The highest BCUT2D eigenvalue weighted by Crippen LogP contribution is 2.32. The van der Waals surface area contributed by atoms with E-state index in [0.717, 1.165) is 37.0 Å². The number of rotatable bonds is 16. The molecule has 3 atom stereocenters. The van der Waals surface area contributed by atoms with Gasteiger partial charge in [0.25, 0.3) is 0 Å². The molecule has 1 aromatic carbocycles. The highest BCUT2D eigenvalue weighted by molar-refractivity contribution is 5.76. The summed E-state index contributed by atoms with van der Waals surface area (Å²) >= 11 is 0. The first-order chi connectivity index (χ1) is 15.3. The number of nitrogens with one attached hydrogen (secondary N) is 1. The van der Waals surface area contributed by atoms with E-state index in [4.69, 9.17) is 19.9 Å². The van der Waals surface area contributed by atoms with Crippen molar-refractivity contribution in [1.82, 2.24) is 5.32 Å². The second-order valence-corrected chi connectivity index (χ2v) is 9.31. The normalized spacial score (nSPS) is 16.5. The number of amides is 1. The van der Waals surface area contributed by atoms with Crippen LogP contribution < -0.4 is 20.5 Å². The summed E-state index contributed by atoms with van der Waals surface area (Å²) in [5, 5.41) is 13.3. The quantitative estimate of drug-likeness (QED) is 0.335. The number of methoxy groups -OCH3 is 2. The molecule has 1 aromatic rings. The van der Waals surface area contributed by atoms with Crippen LogP contribution in [0.15, 0.2) is 18.2 Å². The van der Waals surface area contributed by atoms with Crippen LogP contribution in [-0.2, 0) is 16.0 Å². The molecule has 0 aliphatic heterocycles. The van der Waals surface area contributed by atoms with E-state index in [1.54, 1.807) is 14.2 Å². The van der Waals surface area contributed by atoms with E-state index in [2.05, 4.69) is 25.2 Å². The fourth-order valence-electron chi connectivity index (χ4n) is 3.77. The van der Waals surface area contributed by atoms with Gasteiger partial charge in [0.1, 0.15) is 0 Å². The molecule has 7 heteroatoms. The van der Waals surface area contributed by atoms with Gasteiger partial charge in [-0.2, -0.15) is 0 Å². The van der Waals surface area contributed by atoms with Crippen LogP contribution in [0.5, 0.6) is 11.5 Å². The van der Waals surface area contributed by atoms with Crippen LogP contribution in [0.1, 0.15) is 51.5 Å². The van der Waals surface area contributed by atoms with Gasteiger partial charge in [-0.15, -0.1) is 0 Å². The van der Waals surface area contributed by atoms with Gasteiger partial charge in [-0.05, 0) is 61.1 Å². The molecule has 0 unspecified atom stereocenters. The van der Waals surface area contributed by atoms with Crippen LogP contribution in [0.25, 0.3) is 0 Å². The van der Waals surface area contributed by atoms with Crippen molar-refractivity contribution in [3.05, 3.63) is 23.8 Å². The van der Waals surface area contributed by atoms with Gasteiger partial charge in [0.05, 0.1) is 19.8 Å². The van der Waals surface area contributed by atoms with Crippen LogP contribution >= 0.6 is 0 Å². The molecule has 0 radical (unpaired) electrons. The molecule has 1 aliphatic carbocycles. The highest BCUT2D eigenvalue weighted by atomic mass is 16.5. The number of aliphatic hydroxyl groups is 1. The third-order valence-corrected chi connectivity index (χ3v) is 6.17. The molecule has 0 heterocycles. The summed E-state index contributed by atoms with van der Waals surface area (Å²) < 4.78 is 16.4. The zero-order valence-electron chi connectivity index (χ0n) is 20.1. The summed E-state index contributed by atoms with van der Waals surface area (Å²) in [5.74, 6) is 2.66. The number of aliphatic hydroxyl groups excluding tert-OH is 1. The van der Waals surface area contributed by atoms with Crippen LogP contribution in [0.3, 0.4) is 0 Å². The van der Waals surface area contributed by atoms with E-state index in [1.807, 2.05) is 12.1 Å². The molecule has 1 fully saturated rings. The van der Waals surface area contributed by atoms with Crippen LogP contribution in [0.4, 0.5) is 0 Å². The second-order valence-electron chi connectivity index (χ2n) is 9.31. The van der Waals surface area contributed by atoms with Crippen molar-refractivity contribution < 1.29 is 24.1 Å². The molecule has 1 saturated carbocycles. The van der Waals surface area contributed by atoms with Gasteiger partial charge in [-0.1, -0.05) is 19.9 Å². The summed E-state index contributed by atoms with van der Waals surface area (Å²) in [6.45, 7) is 5.77. The fraction of sp³-hybridized carbons (Fsp3) is 0.720. The molecular formula is C25H42N2O5. The Kier molecular flexibility index (Phi) is 11.3. The number of nitrogens with two attached hydrogens (primary N) is 1. The van der Waals surface area contributed by atoms with E-state index in [-0.39, 0.29) is 18.4 Å². The lowest BCUT2D eigenvalue weighted by molar-refractivity contribution is -0.121. The predicted molar refractivity (Wildman–Crippen MR) is 126 cm³/mol. The fourth-order valence-corrected chi connectivity index (χ4v) is 3.77. The summed E-state index contributed by atoms with van der Waals surface area (Å²) in [5.41, 5.74) is 7.47. The van der Waals surface area contributed by atoms with E-state index in [1.165, 1.54) is 0 Å². The Bertz CT molecular complexity index is 693. The Labute approximate surface area is 193 Å². The minimum atomic E-state index is -0.755. The maximum Gasteiger partial charge on any atom is 0.220 e. The van der Waals surface area contributed by atoms with E-state index < -0.39 is 12.1 Å². The molecule has 32 heavy (non-hydrogen) atoms. The SMILES string of the molecule is COCCCOc1cc(C[C@@H](C[C@H](N)[C@@H](O)CNC(=O)CC2CC2)C(C)C)ccc1OC. The first-order valence-electron chi connectivity index (χ1n) is 11.8. The molecule has 0 spiro atoms. The highest BCUT2D eigenvalue weighted by Gasteiger charge is 2.26. The number of carbonyl (C=O) groups excluding carboxylic acids is 1. The largest absolute Gasteiger partial charge is 0.493 e. The predicted octanol–water partition coefficient (Wildman–Crippen LogP) is 2.92. The maximum atomic E-state index is 11.9. The summed E-state index contributed by atoms with van der Waals surface area (Å²) in [4.78, 5) is 11.9. The van der Waals surface area contributed by atoms with E-state index in [9.17, 15) is 9.90 Å². The van der Waals surface area contributed by atoms with Gasteiger partial charge in [0.15, 0.2) is 11.5 Å². The topological polar surface area (TPSA) is 103 Å². The molecule has 0 aromatic heterocycles. The lowest BCUT2D eigenvalue weighted by atomic mass is 9.83. The number of carbonyl (C=O) groups is 1. The molecule has 4 N–H and O–H groups in total.